The number of aromatic nitrogens is 2. The molecule has 1 unspecified atom stereocenters. The SMILES string of the molecule is CC(C)Cc1nsc(N2CCN3C(=O)C(=O)NCC3C2)n1. The van der Waals surface area contributed by atoms with Gasteiger partial charge in [-0.1, -0.05) is 13.8 Å². The lowest BCUT2D eigenvalue weighted by Crippen LogP contribution is -2.65. The predicted octanol–water partition coefficient (Wildman–Crippen LogP) is -0.116. The molecule has 7 nitrogen and oxygen atoms in total. The van der Waals surface area contributed by atoms with E-state index in [0.717, 1.165) is 17.4 Å². The van der Waals surface area contributed by atoms with Crippen LogP contribution in [-0.2, 0) is 16.0 Å². The van der Waals surface area contributed by atoms with Gasteiger partial charge in [0.2, 0.25) is 5.13 Å². The molecule has 21 heavy (non-hydrogen) atoms. The molecule has 0 bridgehead atoms. The second-order valence-corrected chi connectivity index (χ2v) is 6.63. The Balaban J connectivity index is 1.68. The third-order valence-corrected chi connectivity index (χ3v) is 4.57. The highest BCUT2D eigenvalue weighted by Gasteiger charge is 2.38. The van der Waals surface area contributed by atoms with Crippen molar-refractivity contribution in [2.24, 2.45) is 5.92 Å². The third kappa shape index (κ3) is 2.85. The van der Waals surface area contributed by atoms with Crippen LogP contribution in [0.15, 0.2) is 0 Å². The van der Waals surface area contributed by atoms with Crippen LogP contribution < -0.4 is 10.2 Å². The average molecular weight is 309 g/mol. The normalized spacial score (nSPS) is 22.5. The molecule has 2 amide bonds. The number of carbonyl (C=O) groups is 2. The van der Waals surface area contributed by atoms with Gasteiger partial charge >= 0.3 is 11.8 Å². The quantitative estimate of drug-likeness (QED) is 0.788. The highest BCUT2D eigenvalue weighted by atomic mass is 32.1. The molecule has 1 atom stereocenters. The van der Waals surface area contributed by atoms with Gasteiger partial charge in [0.05, 0.1) is 6.04 Å². The molecule has 0 saturated carbocycles. The lowest BCUT2D eigenvalue weighted by Gasteiger charge is -2.43. The maximum absolute atomic E-state index is 11.8. The lowest BCUT2D eigenvalue weighted by molar-refractivity contribution is -0.150. The topological polar surface area (TPSA) is 78.4 Å². The first-order valence-corrected chi connectivity index (χ1v) is 7.98. The summed E-state index contributed by atoms with van der Waals surface area (Å²) in [5, 5.41) is 3.56. The van der Waals surface area contributed by atoms with Gasteiger partial charge in [0.25, 0.3) is 0 Å². The third-order valence-electron chi connectivity index (χ3n) is 3.75. The van der Waals surface area contributed by atoms with E-state index in [1.807, 2.05) is 0 Å². The van der Waals surface area contributed by atoms with Crippen LogP contribution in [0, 0.1) is 5.92 Å². The van der Waals surface area contributed by atoms with Crippen molar-refractivity contribution in [1.82, 2.24) is 19.6 Å². The van der Waals surface area contributed by atoms with E-state index in [0.29, 0.717) is 32.1 Å². The number of carbonyl (C=O) groups excluding carboxylic acids is 2. The Morgan fingerprint density at radius 1 is 1.38 bits per heavy atom. The van der Waals surface area contributed by atoms with E-state index >= 15 is 0 Å². The van der Waals surface area contributed by atoms with Gasteiger partial charge in [-0.05, 0) is 5.92 Å². The smallest absolute Gasteiger partial charge is 0.312 e. The van der Waals surface area contributed by atoms with Gasteiger partial charge in [0.15, 0.2) is 0 Å². The summed E-state index contributed by atoms with van der Waals surface area (Å²) < 4.78 is 4.40. The summed E-state index contributed by atoms with van der Waals surface area (Å²) in [6.45, 7) is 6.77. The average Bonchev–Trinajstić information content (AvgIpc) is 2.90. The maximum Gasteiger partial charge on any atom is 0.312 e. The molecule has 1 N–H and O–H groups in total. The summed E-state index contributed by atoms with van der Waals surface area (Å²) in [6.07, 6.45) is 0.883. The Morgan fingerprint density at radius 3 is 2.95 bits per heavy atom. The molecule has 3 heterocycles. The molecule has 8 heteroatoms. The van der Waals surface area contributed by atoms with E-state index in [2.05, 4.69) is 33.4 Å². The first-order valence-electron chi connectivity index (χ1n) is 7.21. The number of amides is 2. The first kappa shape index (κ1) is 14.2. The number of hydrogen-bond donors (Lipinski definition) is 1. The molecule has 2 fully saturated rings. The van der Waals surface area contributed by atoms with Gasteiger partial charge < -0.3 is 15.1 Å². The van der Waals surface area contributed by atoms with Crippen LogP contribution in [0.4, 0.5) is 5.13 Å². The highest BCUT2D eigenvalue weighted by molar-refractivity contribution is 7.09. The number of rotatable bonds is 3. The molecule has 2 aliphatic heterocycles. The molecular formula is C13H19N5O2S. The molecule has 0 radical (unpaired) electrons. The van der Waals surface area contributed by atoms with Gasteiger partial charge in [0, 0.05) is 44.1 Å². The van der Waals surface area contributed by atoms with Crippen molar-refractivity contribution >= 4 is 28.5 Å². The van der Waals surface area contributed by atoms with Crippen molar-refractivity contribution < 1.29 is 9.59 Å². The minimum absolute atomic E-state index is 0.0291. The fourth-order valence-corrected chi connectivity index (χ4v) is 3.44. The van der Waals surface area contributed by atoms with Crippen LogP contribution >= 0.6 is 11.5 Å². The molecular weight excluding hydrogens is 290 g/mol. The predicted molar refractivity (Wildman–Crippen MR) is 79.2 cm³/mol. The van der Waals surface area contributed by atoms with E-state index < -0.39 is 11.8 Å². The van der Waals surface area contributed by atoms with E-state index in [1.165, 1.54) is 11.5 Å². The number of hydrogen-bond acceptors (Lipinski definition) is 6. The fourth-order valence-electron chi connectivity index (χ4n) is 2.71. The highest BCUT2D eigenvalue weighted by Crippen LogP contribution is 2.23. The summed E-state index contributed by atoms with van der Waals surface area (Å²) in [6, 6.07) is 0.0291. The Morgan fingerprint density at radius 2 is 2.19 bits per heavy atom. The number of fused-ring (bicyclic) bond motifs is 1. The zero-order valence-corrected chi connectivity index (χ0v) is 13.0. The molecule has 2 saturated heterocycles. The van der Waals surface area contributed by atoms with Gasteiger partial charge in [-0.3, -0.25) is 9.59 Å². The van der Waals surface area contributed by atoms with E-state index in [4.69, 9.17) is 0 Å². The van der Waals surface area contributed by atoms with Crippen LogP contribution in [0.5, 0.6) is 0 Å². The van der Waals surface area contributed by atoms with Crippen LogP contribution in [0.25, 0.3) is 0 Å². The second kappa shape index (κ2) is 5.59. The standard InChI is InChI=1S/C13H19N5O2S/c1-8(2)5-10-15-13(21-16-10)17-3-4-18-9(7-17)6-14-11(19)12(18)20/h8-9H,3-7H2,1-2H3,(H,14,19). The fraction of sp³-hybridized carbons (Fsp3) is 0.692. The van der Waals surface area contributed by atoms with Crippen molar-refractivity contribution in [3.8, 4) is 0 Å². The molecule has 3 rings (SSSR count). The summed E-state index contributed by atoms with van der Waals surface area (Å²) in [4.78, 5) is 31.6. The van der Waals surface area contributed by atoms with Crippen LogP contribution in [0.2, 0.25) is 0 Å². The van der Waals surface area contributed by atoms with Gasteiger partial charge in [-0.15, -0.1) is 0 Å². The molecule has 0 aromatic carbocycles. The Labute approximate surface area is 127 Å². The van der Waals surface area contributed by atoms with Crippen LogP contribution in [0.1, 0.15) is 19.7 Å². The second-order valence-electron chi connectivity index (χ2n) is 5.90. The molecule has 1 aromatic rings. The van der Waals surface area contributed by atoms with Crippen molar-refractivity contribution in [2.75, 3.05) is 31.1 Å². The van der Waals surface area contributed by atoms with E-state index in [9.17, 15) is 9.59 Å². The van der Waals surface area contributed by atoms with Crippen molar-refractivity contribution in [1.29, 1.82) is 0 Å². The summed E-state index contributed by atoms with van der Waals surface area (Å²) in [7, 11) is 0. The van der Waals surface area contributed by atoms with Crippen LogP contribution in [0.3, 0.4) is 0 Å². The van der Waals surface area contributed by atoms with Crippen molar-refractivity contribution in [2.45, 2.75) is 26.3 Å². The minimum Gasteiger partial charge on any atom is -0.346 e. The largest absolute Gasteiger partial charge is 0.346 e. The van der Waals surface area contributed by atoms with Gasteiger partial charge in [-0.2, -0.15) is 4.37 Å². The summed E-state index contributed by atoms with van der Waals surface area (Å²) >= 11 is 1.41. The van der Waals surface area contributed by atoms with Crippen LogP contribution in [-0.4, -0.2) is 58.3 Å². The zero-order chi connectivity index (χ0) is 15.0. The molecule has 0 aliphatic carbocycles. The Bertz CT molecular complexity index is 559. The van der Waals surface area contributed by atoms with E-state index in [-0.39, 0.29) is 6.04 Å². The molecule has 114 valence electrons. The lowest BCUT2D eigenvalue weighted by atomic mass is 10.1. The first-order chi connectivity index (χ1) is 10.0. The van der Waals surface area contributed by atoms with Crippen molar-refractivity contribution in [3.63, 3.8) is 0 Å². The number of nitrogens with zero attached hydrogens (tertiary/aromatic N) is 4. The molecule has 1 aromatic heterocycles. The molecule has 2 aliphatic rings. The van der Waals surface area contributed by atoms with Gasteiger partial charge in [0.1, 0.15) is 5.82 Å². The summed E-state index contributed by atoms with van der Waals surface area (Å²) in [5.41, 5.74) is 0. The van der Waals surface area contributed by atoms with E-state index in [1.54, 1.807) is 4.90 Å². The zero-order valence-electron chi connectivity index (χ0n) is 12.2. The number of nitrogens with one attached hydrogen (secondary N) is 1. The number of piperazine rings is 2. The summed E-state index contributed by atoms with van der Waals surface area (Å²) in [5.74, 6) is 0.523. The number of anilines is 1. The monoisotopic (exact) mass is 309 g/mol. The minimum atomic E-state index is -0.491. The molecule has 0 spiro atoms. The maximum atomic E-state index is 11.8. The van der Waals surface area contributed by atoms with Crippen molar-refractivity contribution in [3.05, 3.63) is 5.82 Å². The Hall–Kier alpha value is -1.70. The van der Waals surface area contributed by atoms with Gasteiger partial charge in [-0.25, -0.2) is 4.98 Å². The Kier molecular flexibility index (Phi) is 3.79.